The molecule has 0 bridgehead atoms. The zero-order valence-corrected chi connectivity index (χ0v) is 12.5. The van der Waals surface area contributed by atoms with Crippen molar-refractivity contribution in [3.05, 3.63) is 33.8 Å². The molecule has 18 heavy (non-hydrogen) atoms. The predicted molar refractivity (Wildman–Crippen MR) is 79.7 cm³/mol. The maximum Gasteiger partial charge on any atom is 0.0595 e. The second-order valence-corrected chi connectivity index (χ2v) is 6.11. The normalized spacial score (nSPS) is 23.5. The van der Waals surface area contributed by atoms with Crippen molar-refractivity contribution < 1.29 is 0 Å². The Labute approximate surface area is 124 Å². The van der Waals surface area contributed by atoms with Crippen molar-refractivity contribution in [1.29, 1.82) is 0 Å². The minimum atomic E-state index is 0.610. The van der Waals surface area contributed by atoms with E-state index in [-0.39, 0.29) is 0 Å². The molecule has 0 saturated heterocycles. The first-order valence-electron chi connectivity index (χ1n) is 6.41. The molecule has 1 nitrogen and oxygen atoms in total. The average molecular weight is 307 g/mol. The van der Waals surface area contributed by atoms with E-state index in [0.29, 0.717) is 16.0 Å². The van der Waals surface area contributed by atoms with E-state index in [1.54, 1.807) is 0 Å². The molecule has 1 aliphatic carbocycles. The first-order chi connectivity index (χ1) is 8.70. The number of halogens is 3. The lowest BCUT2D eigenvalue weighted by Gasteiger charge is -2.17. The standard InChI is InChI=1S/C14H18Cl3N/c15-7-11-2-1-3-12(11)9-18-8-10-4-5-13(16)14(17)6-10/h4-6,11-12,18H,1-3,7-9H2. The van der Waals surface area contributed by atoms with Gasteiger partial charge in [-0.25, -0.2) is 0 Å². The SMILES string of the molecule is ClCC1CCCC1CNCc1ccc(Cl)c(Cl)c1. The topological polar surface area (TPSA) is 12.0 Å². The van der Waals surface area contributed by atoms with E-state index in [4.69, 9.17) is 34.8 Å². The van der Waals surface area contributed by atoms with Gasteiger partial charge in [0.2, 0.25) is 0 Å². The molecule has 1 fully saturated rings. The summed E-state index contributed by atoms with van der Waals surface area (Å²) in [6.07, 6.45) is 3.89. The van der Waals surface area contributed by atoms with Crippen LogP contribution in [0.5, 0.6) is 0 Å². The third-order valence-corrected chi connectivity index (χ3v) is 4.87. The highest BCUT2D eigenvalue weighted by atomic mass is 35.5. The number of hydrogen-bond donors (Lipinski definition) is 1. The predicted octanol–water partition coefficient (Wildman–Crippen LogP) is 4.74. The third kappa shape index (κ3) is 3.77. The Balaban J connectivity index is 1.79. The monoisotopic (exact) mass is 305 g/mol. The molecule has 2 unspecified atom stereocenters. The van der Waals surface area contributed by atoms with Gasteiger partial charge in [-0.15, -0.1) is 11.6 Å². The third-order valence-electron chi connectivity index (χ3n) is 3.73. The van der Waals surface area contributed by atoms with Gasteiger partial charge in [0, 0.05) is 12.4 Å². The van der Waals surface area contributed by atoms with Crippen LogP contribution in [0.2, 0.25) is 10.0 Å². The Morgan fingerprint density at radius 3 is 2.61 bits per heavy atom. The van der Waals surface area contributed by atoms with Crippen molar-refractivity contribution in [3.8, 4) is 0 Å². The summed E-state index contributed by atoms with van der Waals surface area (Å²) in [5.74, 6) is 2.21. The summed E-state index contributed by atoms with van der Waals surface area (Å²) < 4.78 is 0. The van der Waals surface area contributed by atoms with E-state index >= 15 is 0 Å². The number of rotatable bonds is 5. The number of benzene rings is 1. The lowest BCUT2D eigenvalue weighted by atomic mass is 9.98. The maximum absolute atomic E-state index is 5.99. The molecule has 0 radical (unpaired) electrons. The molecular formula is C14H18Cl3N. The summed E-state index contributed by atoms with van der Waals surface area (Å²) in [6, 6.07) is 5.78. The zero-order chi connectivity index (χ0) is 13.0. The van der Waals surface area contributed by atoms with Crippen LogP contribution in [0.4, 0.5) is 0 Å². The highest BCUT2D eigenvalue weighted by Crippen LogP contribution is 2.32. The Morgan fingerprint density at radius 2 is 1.89 bits per heavy atom. The molecular weight excluding hydrogens is 289 g/mol. The van der Waals surface area contributed by atoms with Crippen LogP contribution in [0.25, 0.3) is 0 Å². The Bertz CT molecular complexity index is 395. The molecule has 2 rings (SSSR count). The van der Waals surface area contributed by atoms with Gasteiger partial charge in [-0.2, -0.15) is 0 Å². The quantitative estimate of drug-likeness (QED) is 0.775. The first kappa shape index (κ1) is 14.5. The molecule has 1 saturated carbocycles. The minimum Gasteiger partial charge on any atom is -0.312 e. The van der Waals surface area contributed by atoms with Gasteiger partial charge in [-0.1, -0.05) is 35.7 Å². The summed E-state index contributed by atoms with van der Waals surface area (Å²) in [7, 11) is 0. The lowest BCUT2D eigenvalue weighted by molar-refractivity contribution is 0.395. The maximum atomic E-state index is 5.99. The first-order valence-corrected chi connectivity index (χ1v) is 7.70. The Kier molecular flexibility index (Phi) is 5.62. The van der Waals surface area contributed by atoms with Crippen molar-refractivity contribution in [2.75, 3.05) is 12.4 Å². The van der Waals surface area contributed by atoms with Crippen molar-refractivity contribution in [2.24, 2.45) is 11.8 Å². The Hall–Kier alpha value is 0.0500. The van der Waals surface area contributed by atoms with Crippen molar-refractivity contribution in [2.45, 2.75) is 25.8 Å². The van der Waals surface area contributed by atoms with E-state index in [2.05, 4.69) is 5.32 Å². The van der Waals surface area contributed by atoms with E-state index < -0.39 is 0 Å². The van der Waals surface area contributed by atoms with E-state index in [9.17, 15) is 0 Å². The molecule has 1 aromatic rings. The largest absolute Gasteiger partial charge is 0.312 e. The smallest absolute Gasteiger partial charge is 0.0595 e. The molecule has 4 heteroatoms. The Morgan fingerprint density at radius 1 is 1.11 bits per heavy atom. The molecule has 0 amide bonds. The number of alkyl halides is 1. The summed E-state index contributed by atoms with van der Waals surface area (Å²) in [4.78, 5) is 0. The molecule has 1 N–H and O–H groups in total. The van der Waals surface area contributed by atoms with Crippen LogP contribution in [0.15, 0.2) is 18.2 Å². The van der Waals surface area contributed by atoms with Crippen LogP contribution < -0.4 is 5.32 Å². The van der Waals surface area contributed by atoms with Crippen LogP contribution in [-0.4, -0.2) is 12.4 Å². The minimum absolute atomic E-state index is 0.610. The fourth-order valence-corrected chi connectivity index (χ4v) is 3.36. The zero-order valence-electron chi connectivity index (χ0n) is 10.3. The molecule has 0 aromatic heterocycles. The van der Waals surface area contributed by atoms with E-state index in [1.165, 1.54) is 24.8 Å². The van der Waals surface area contributed by atoms with Crippen molar-refractivity contribution in [3.63, 3.8) is 0 Å². The van der Waals surface area contributed by atoms with Crippen molar-refractivity contribution >= 4 is 34.8 Å². The molecule has 0 aliphatic heterocycles. The van der Waals surface area contributed by atoms with Crippen LogP contribution in [-0.2, 0) is 6.54 Å². The van der Waals surface area contributed by atoms with Gasteiger partial charge in [-0.05, 0) is 48.9 Å². The summed E-state index contributed by atoms with van der Waals surface area (Å²) >= 11 is 17.9. The van der Waals surface area contributed by atoms with Crippen molar-refractivity contribution in [1.82, 2.24) is 5.32 Å². The highest BCUT2D eigenvalue weighted by Gasteiger charge is 2.25. The molecule has 1 aliphatic rings. The van der Waals surface area contributed by atoms with Crippen LogP contribution in [0, 0.1) is 11.8 Å². The fraction of sp³-hybridized carbons (Fsp3) is 0.571. The van der Waals surface area contributed by atoms with Gasteiger partial charge in [0.1, 0.15) is 0 Å². The molecule has 2 atom stereocenters. The molecule has 100 valence electrons. The van der Waals surface area contributed by atoms with Gasteiger partial charge < -0.3 is 5.32 Å². The van der Waals surface area contributed by atoms with Gasteiger partial charge in [-0.3, -0.25) is 0 Å². The summed E-state index contributed by atoms with van der Waals surface area (Å²) in [5.41, 5.74) is 1.17. The molecule has 0 spiro atoms. The second-order valence-electron chi connectivity index (χ2n) is 4.98. The van der Waals surface area contributed by atoms with E-state index in [1.807, 2.05) is 18.2 Å². The van der Waals surface area contributed by atoms with Crippen LogP contribution in [0.1, 0.15) is 24.8 Å². The fourth-order valence-electron chi connectivity index (χ4n) is 2.64. The lowest BCUT2D eigenvalue weighted by Crippen LogP contribution is -2.25. The number of hydrogen-bond acceptors (Lipinski definition) is 1. The van der Waals surface area contributed by atoms with Gasteiger partial charge in [0.25, 0.3) is 0 Å². The highest BCUT2D eigenvalue weighted by molar-refractivity contribution is 6.42. The van der Waals surface area contributed by atoms with Gasteiger partial charge >= 0.3 is 0 Å². The van der Waals surface area contributed by atoms with Gasteiger partial charge in [0.05, 0.1) is 10.0 Å². The van der Waals surface area contributed by atoms with Gasteiger partial charge in [0.15, 0.2) is 0 Å². The van der Waals surface area contributed by atoms with E-state index in [0.717, 1.165) is 24.9 Å². The number of nitrogens with one attached hydrogen (secondary N) is 1. The van der Waals surface area contributed by atoms with Crippen LogP contribution >= 0.6 is 34.8 Å². The van der Waals surface area contributed by atoms with Crippen LogP contribution in [0.3, 0.4) is 0 Å². The second kappa shape index (κ2) is 7.00. The average Bonchev–Trinajstić information content (AvgIpc) is 2.81. The summed E-state index contributed by atoms with van der Waals surface area (Å²) in [5, 5.41) is 4.72. The molecule has 1 aromatic carbocycles. The molecule has 0 heterocycles. The summed E-state index contributed by atoms with van der Waals surface area (Å²) in [6.45, 7) is 1.88.